The molecule has 1 aliphatic heterocycles. The van der Waals surface area contributed by atoms with Crippen molar-refractivity contribution in [1.29, 1.82) is 0 Å². The first-order chi connectivity index (χ1) is 10.8. The lowest BCUT2D eigenvalue weighted by Crippen LogP contribution is -2.42. The standard InChI is InChI=1S/C18H22N2O2/c1-21-17-4-2-15(3-5-17)12-18-14-20(10-11-22-18)13-16-6-8-19-9-7-16/h2-9,18H,10-14H2,1H3/t18-/m1/s1. The van der Waals surface area contributed by atoms with E-state index < -0.39 is 0 Å². The monoisotopic (exact) mass is 298 g/mol. The molecule has 4 nitrogen and oxygen atoms in total. The van der Waals surface area contributed by atoms with Crippen LogP contribution in [0.15, 0.2) is 48.8 Å². The van der Waals surface area contributed by atoms with Gasteiger partial charge in [0.1, 0.15) is 5.75 Å². The van der Waals surface area contributed by atoms with E-state index in [4.69, 9.17) is 9.47 Å². The Morgan fingerprint density at radius 2 is 1.91 bits per heavy atom. The second-order valence-electron chi connectivity index (χ2n) is 5.64. The normalized spacial score (nSPS) is 19.0. The third-order valence-electron chi connectivity index (χ3n) is 4.00. The SMILES string of the molecule is COc1ccc(C[C@@H]2CN(Cc3ccncc3)CCO2)cc1. The second kappa shape index (κ2) is 7.38. The van der Waals surface area contributed by atoms with Crippen molar-refractivity contribution in [1.82, 2.24) is 9.88 Å². The van der Waals surface area contributed by atoms with Crippen molar-refractivity contribution in [2.24, 2.45) is 0 Å². The van der Waals surface area contributed by atoms with E-state index in [0.717, 1.165) is 38.4 Å². The molecule has 0 amide bonds. The highest BCUT2D eigenvalue weighted by Crippen LogP contribution is 2.17. The van der Waals surface area contributed by atoms with Crippen LogP contribution in [-0.2, 0) is 17.7 Å². The van der Waals surface area contributed by atoms with E-state index in [2.05, 4.69) is 34.1 Å². The molecule has 1 aliphatic rings. The Bertz CT molecular complexity index is 571. The molecule has 1 aromatic heterocycles. The van der Waals surface area contributed by atoms with Crippen LogP contribution in [-0.4, -0.2) is 42.8 Å². The number of ether oxygens (including phenoxy) is 2. The van der Waals surface area contributed by atoms with E-state index in [0.29, 0.717) is 0 Å². The summed E-state index contributed by atoms with van der Waals surface area (Å²) >= 11 is 0. The first-order valence-electron chi connectivity index (χ1n) is 7.69. The molecule has 2 heterocycles. The molecule has 116 valence electrons. The fourth-order valence-electron chi connectivity index (χ4n) is 2.82. The largest absolute Gasteiger partial charge is 0.497 e. The summed E-state index contributed by atoms with van der Waals surface area (Å²) in [5.41, 5.74) is 2.59. The van der Waals surface area contributed by atoms with E-state index >= 15 is 0 Å². The summed E-state index contributed by atoms with van der Waals surface area (Å²) in [6, 6.07) is 12.4. The van der Waals surface area contributed by atoms with Crippen LogP contribution in [0.3, 0.4) is 0 Å². The predicted octanol–water partition coefficient (Wildman–Crippen LogP) is 2.53. The molecule has 1 atom stereocenters. The van der Waals surface area contributed by atoms with E-state index in [1.807, 2.05) is 24.5 Å². The Morgan fingerprint density at radius 3 is 2.64 bits per heavy atom. The fraction of sp³-hybridized carbons (Fsp3) is 0.389. The first-order valence-corrected chi connectivity index (χ1v) is 7.69. The molecule has 0 bridgehead atoms. The molecule has 4 heteroatoms. The summed E-state index contributed by atoms with van der Waals surface area (Å²) in [4.78, 5) is 6.52. The van der Waals surface area contributed by atoms with Crippen molar-refractivity contribution in [3.8, 4) is 5.75 Å². The molecule has 0 saturated carbocycles. The number of hydrogen-bond acceptors (Lipinski definition) is 4. The maximum absolute atomic E-state index is 5.92. The molecule has 0 aliphatic carbocycles. The van der Waals surface area contributed by atoms with Crippen LogP contribution in [0, 0.1) is 0 Å². The van der Waals surface area contributed by atoms with Crippen LogP contribution in [0.5, 0.6) is 5.75 Å². The summed E-state index contributed by atoms with van der Waals surface area (Å²) in [5, 5.41) is 0. The van der Waals surface area contributed by atoms with E-state index in [1.54, 1.807) is 7.11 Å². The topological polar surface area (TPSA) is 34.6 Å². The Kier molecular flexibility index (Phi) is 5.03. The highest BCUT2D eigenvalue weighted by molar-refractivity contribution is 5.27. The van der Waals surface area contributed by atoms with Gasteiger partial charge in [0, 0.05) is 32.0 Å². The maximum Gasteiger partial charge on any atom is 0.118 e. The van der Waals surface area contributed by atoms with Gasteiger partial charge >= 0.3 is 0 Å². The van der Waals surface area contributed by atoms with Crippen molar-refractivity contribution >= 4 is 0 Å². The Balaban J connectivity index is 1.55. The number of benzene rings is 1. The van der Waals surface area contributed by atoms with Gasteiger partial charge in [-0.25, -0.2) is 0 Å². The van der Waals surface area contributed by atoms with Gasteiger partial charge in [-0.2, -0.15) is 0 Å². The van der Waals surface area contributed by atoms with E-state index in [9.17, 15) is 0 Å². The van der Waals surface area contributed by atoms with Gasteiger partial charge < -0.3 is 9.47 Å². The summed E-state index contributed by atoms with van der Waals surface area (Å²) in [6.07, 6.45) is 4.90. The van der Waals surface area contributed by atoms with Crippen molar-refractivity contribution in [2.75, 3.05) is 26.8 Å². The van der Waals surface area contributed by atoms with Gasteiger partial charge in [0.15, 0.2) is 0 Å². The number of hydrogen-bond donors (Lipinski definition) is 0. The van der Waals surface area contributed by atoms with Crippen LogP contribution in [0.1, 0.15) is 11.1 Å². The number of nitrogens with zero attached hydrogens (tertiary/aromatic N) is 2. The average Bonchev–Trinajstić information content (AvgIpc) is 2.57. The molecule has 0 spiro atoms. The first kappa shape index (κ1) is 15.0. The van der Waals surface area contributed by atoms with Crippen LogP contribution < -0.4 is 4.74 Å². The quantitative estimate of drug-likeness (QED) is 0.849. The third kappa shape index (κ3) is 4.06. The van der Waals surface area contributed by atoms with Gasteiger partial charge in [0.25, 0.3) is 0 Å². The van der Waals surface area contributed by atoms with Gasteiger partial charge in [0.05, 0.1) is 19.8 Å². The lowest BCUT2D eigenvalue weighted by Gasteiger charge is -2.33. The Morgan fingerprint density at radius 1 is 1.14 bits per heavy atom. The number of methoxy groups -OCH3 is 1. The minimum Gasteiger partial charge on any atom is -0.497 e. The van der Waals surface area contributed by atoms with Crippen LogP contribution in [0.2, 0.25) is 0 Å². The molecule has 3 rings (SSSR count). The number of morpholine rings is 1. The Labute approximate surface area is 131 Å². The minimum absolute atomic E-state index is 0.254. The van der Waals surface area contributed by atoms with Gasteiger partial charge in [-0.15, -0.1) is 0 Å². The maximum atomic E-state index is 5.92. The van der Waals surface area contributed by atoms with Gasteiger partial charge in [-0.05, 0) is 41.8 Å². The average molecular weight is 298 g/mol. The number of pyridine rings is 1. The molecule has 22 heavy (non-hydrogen) atoms. The summed E-state index contributed by atoms with van der Waals surface area (Å²) in [7, 11) is 1.69. The highest BCUT2D eigenvalue weighted by Gasteiger charge is 2.20. The molecule has 1 fully saturated rings. The zero-order valence-corrected chi connectivity index (χ0v) is 12.9. The van der Waals surface area contributed by atoms with Gasteiger partial charge in [-0.3, -0.25) is 9.88 Å². The molecular formula is C18H22N2O2. The molecule has 1 aromatic carbocycles. The highest BCUT2D eigenvalue weighted by atomic mass is 16.5. The lowest BCUT2D eigenvalue weighted by molar-refractivity contribution is -0.0305. The zero-order valence-electron chi connectivity index (χ0n) is 12.9. The van der Waals surface area contributed by atoms with Crippen molar-refractivity contribution in [3.05, 3.63) is 59.9 Å². The molecule has 0 radical (unpaired) electrons. The summed E-state index contributed by atoms with van der Waals surface area (Å²) in [5.74, 6) is 0.896. The van der Waals surface area contributed by atoms with Crippen molar-refractivity contribution in [3.63, 3.8) is 0 Å². The minimum atomic E-state index is 0.254. The molecule has 1 saturated heterocycles. The van der Waals surface area contributed by atoms with Gasteiger partial charge in [0.2, 0.25) is 0 Å². The van der Waals surface area contributed by atoms with Crippen LogP contribution >= 0.6 is 0 Å². The summed E-state index contributed by atoms with van der Waals surface area (Å²) in [6.45, 7) is 3.71. The summed E-state index contributed by atoms with van der Waals surface area (Å²) < 4.78 is 11.1. The second-order valence-corrected chi connectivity index (χ2v) is 5.64. The van der Waals surface area contributed by atoms with Crippen molar-refractivity contribution < 1.29 is 9.47 Å². The number of aromatic nitrogens is 1. The Hall–Kier alpha value is -1.91. The fourth-order valence-corrected chi connectivity index (χ4v) is 2.82. The molecule has 2 aromatic rings. The van der Waals surface area contributed by atoms with Crippen LogP contribution in [0.25, 0.3) is 0 Å². The molecule has 0 N–H and O–H groups in total. The lowest BCUT2D eigenvalue weighted by atomic mass is 10.1. The molecule has 0 unspecified atom stereocenters. The molecular weight excluding hydrogens is 276 g/mol. The zero-order chi connectivity index (χ0) is 15.2. The van der Waals surface area contributed by atoms with Crippen LogP contribution in [0.4, 0.5) is 0 Å². The van der Waals surface area contributed by atoms with Gasteiger partial charge in [-0.1, -0.05) is 12.1 Å². The predicted molar refractivity (Wildman–Crippen MR) is 86.0 cm³/mol. The van der Waals surface area contributed by atoms with E-state index in [-0.39, 0.29) is 6.10 Å². The van der Waals surface area contributed by atoms with Crippen molar-refractivity contribution in [2.45, 2.75) is 19.1 Å². The smallest absolute Gasteiger partial charge is 0.118 e. The van der Waals surface area contributed by atoms with E-state index in [1.165, 1.54) is 11.1 Å². The number of rotatable bonds is 5. The third-order valence-corrected chi connectivity index (χ3v) is 4.00.